The fourth-order valence-electron chi connectivity index (χ4n) is 3.26. The summed E-state index contributed by atoms with van der Waals surface area (Å²) in [5, 5.41) is 0. The SMILES string of the molecule is COC(=O)c1ccc(-n2c(C)cc(C(=O)COC(=O)C=Cc3ccc(C)o3)c2C)cc1. The van der Waals surface area contributed by atoms with Gasteiger partial charge in [-0.25, -0.2) is 9.59 Å². The highest BCUT2D eigenvalue weighted by Crippen LogP contribution is 2.22. The molecule has 0 fully saturated rings. The van der Waals surface area contributed by atoms with Crippen molar-refractivity contribution in [2.24, 2.45) is 0 Å². The zero-order valence-corrected chi connectivity index (χ0v) is 17.8. The predicted octanol–water partition coefficient (Wildman–Crippen LogP) is 4.22. The molecule has 0 saturated heterocycles. The molecule has 7 heteroatoms. The van der Waals surface area contributed by atoms with Crippen molar-refractivity contribution >= 4 is 23.8 Å². The highest BCUT2D eigenvalue weighted by Gasteiger charge is 2.18. The molecule has 0 atom stereocenters. The molecule has 3 aromatic rings. The van der Waals surface area contributed by atoms with Gasteiger partial charge in [0.1, 0.15) is 11.5 Å². The predicted molar refractivity (Wildman–Crippen MR) is 114 cm³/mol. The maximum Gasteiger partial charge on any atom is 0.337 e. The Hall–Kier alpha value is -3.87. The van der Waals surface area contributed by atoms with Gasteiger partial charge < -0.3 is 18.5 Å². The van der Waals surface area contributed by atoms with Gasteiger partial charge in [-0.15, -0.1) is 0 Å². The lowest BCUT2D eigenvalue weighted by Gasteiger charge is -2.10. The van der Waals surface area contributed by atoms with Crippen molar-refractivity contribution in [3.8, 4) is 5.69 Å². The van der Waals surface area contributed by atoms with E-state index in [9.17, 15) is 14.4 Å². The molecule has 160 valence electrons. The topological polar surface area (TPSA) is 87.7 Å². The summed E-state index contributed by atoms with van der Waals surface area (Å²) >= 11 is 0. The van der Waals surface area contributed by atoms with E-state index >= 15 is 0 Å². The van der Waals surface area contributed by atoms with Crippen LogP contribution in [0.3, 0.4) is 0 Å². The molecular formula is C24H23NO6. The smallest absolute Gasteiger partial charge is 0.337 e. The van der Waals surface area contributed by atoms with Crippen LogP contribution in [0.5, 0.6) is 0 Å². The van der Waals surface area contributed by atoms with Crippen LogP contribution < -0.4 is 0 Å². The van der Waals surface area contributed by atoms with Gasteiger partial charge in [0.25, 0.3) is 0 Å². The van der Waals surface area contributed by atoms with Gasteiger partial charge in [0, 0.05) is 28.7 Å². The Bertz CT molecular complexity index is 1150. The van der Waals surface area contributed by atoms with E-state index in [1.165, 1.54) is 19.3 Å². The van der Waals surface area contributed by atoms with Crippen molar-refractivity contribution in [2.45, 2.75) is 20.8 Å². The first-order valence-electron chi connectivity index (χ1n) is 9.62. The van der Waals surface area contributed by atoms with Crippen LogP contribution in [-0.4, -0.2) is 36.0 Å². The Kier molecular flexibility index (Phi) is 6.55. The quantitative estimate of drug-likeness (QED) is 0.322. The summed E-state index contributed by atoms with van der Waals surface area (Å²) in [5.41, 5.74) is 3.26. The number of aromatic nitrogens is 1. The number of aryl methyl sites for hydroxylation is 2. The summed E-state index contributed by atoms with van der Waals surface area (Å²) in [4.78, 5) is 36.2. The van der Waals surface area contributed by atoms with E-state index in [0.29, 0.717) is 22.6 Å². The lowest BCUT2D eigenvalue weighted by atomic mass is 10.1. The number of ether oxygens (including phenoxy) is 2. The molecule has 2 aromatic heterocycles. The molecule has 1 aromatic carbocycles. The summed E-state index contributed by atoms with van der Waals surface area (Å²) in [7, 11) is 1.33. The van der Waals surface area contributed by atoms with E-state index in [1.807, 2.05) is 18.4 Å². The van der Waals surface area contributed by atoms with Crippen LogP contribution in [-0.2, 0) is 14.3 Å². The first kappa shape index (κ1) is 21.8. The average molecular weight is 421 g/mol. The van der Waals surface area contributed by atoms with E-state index in [2.05, 4.69) is 0 Å². The maximum atomic E-state index is 12.6. The highest BCUT2D eigenvalue weighted by atomic mass is 16.5. The molecule has 0 aliphatic heterocycles. The van der Waals surface area contributed by atoms with Crippen LogP contribution >= 0.6 is 0 Å². The van der Waals surface area contributed by atoms with Crippen molar-refractivity contribution in [2.75, 3.05) is 13.7 Å². The molecule has 7 nitrogen and oxygen atoms in total. The Morgan fingerprint density at radius 2 is 1.74 bits per heavy atom. The van der Waals surface area contributed by atoms with Gasteiger partial charge in [0.2, 0.25) is 5.78 Å². The summed E-state index contributed by atoms with van der Waals surface area (Å²) in [6.45, 7) is 5.12. The Labute approximate surface area is 179 Å². The fraction of sp³-hybridized carbons (Fsp3) is 0.208. The number of hydrogen-bond donors (Lipinski definition) is 0. The average Bonchev–Trinajstić information content (AvgIpc) is 3.32. The van der Waals surface area contributed by atoms with E-state index in [1.54, 1.807) is 49.4 Å². The van der Waals surface area contributed by atoms with Gasteiger partial charge in [-0.1, -0.05) is 0 Å². The van der Waals surface area contributed by atoms with Crippen LogP contribution in [0.2, 0.25) is 0 Å². The van der Waals surface area contributed by atoms with Crippen molar-refractivity contribution in [1.29, 1.82) is 0 Å². The monoisotopic (exact) mass is 421 g/mol. The molecule has 0 spiro atoms. The molecule has 2 heterocycles. The van der Waals surface area contributed by atoms with Crippen LogP contribution in [0, 0.1) is 20.8 Å². The number of carbonyl (C=O) groups is 3. The number of furan rings is 1. The van der Waals surface area contributed by atoms with E-state index in [-0.39, 0.29) is 12.4 Å². The first-order valence-corrected chi connectivity index (χ1v) is 9.62. The van der Waals surface area contributed by atoms with Gasteiger partial charge in [-0.05, 0) is 69.3 Å². The van der Waals surface area contributed by atoms with Gasteiger partial charge in [-0.2, -0.15) is 0 Å². The molecule has 0 amide bonds. The minimum Gasteiger partial charge on any atom is -0.465 e. The number of Topliss-reactive ketones (excluding diaryl/α,β-unsaturated/α-hetero) is 1. The molecule has 0 bridgehead atoms. The highest BCUT2D eigenvalue weighted by molar-refractivity contribution is 6.00. The first-order chi connectivity index (χ1) is 14.8. The number of nitrogens with zero attached hydrogens (tertiary/aromatic N) is 1. The standard InChI is InChI=1S/C24H23NO6/c1-15-13-21(17(3)25(15)19-8-6-18(7-9-19)24(28)29-4)22(26)14-30-23(27)12-11-20-10-5-16(2)31-20/h5-13H,14H2,1-4H3. The number of hydrogen-bond acceptors (Lipinski definition) is 6. The zero-order chi connectivity index (χ0) is 22.5. The lowest BCUT2D eigenvalue weighted by Crippen LogP contribution is -2.13. The molecule has 0 aliphatic rings. The minimum atomic E-state index is -0.630. The van der Waals surface area contributed by atoms with Crippen molar-refractivity contribution in [3.05, 3.63) is 82.6 Å². The number of rotatable bonds is 7. The molecule has 0 radical (unpaired) electrons. The van der Waals surface area contributed by atoms with E-state index < -0.39 is 11.9 Å². The Morgan fingerprint density at radius 1 is 1.03 bits per heavy atom. The number of methoxy groups -OCH3 is 1. The summed E-state index contributed by atoms with van der Waals surface area (Å²) in [6, 6.07) is 12.2. The number of benzene rings is 1. The third-order valence-corrected chi connectivity index (χ3v) is 4.77. The molecule has 0 saturated carbocycles. The van der Waals surface area contributed by atoms with Gasteiger partial charge >= 0.3 is 11.9 Å². The van der Waals surface area contributed by atoms with Crippen molar-refractivity contribution < 1.29 is 28.3 Å². The second-order valence-electron chi connectivity index (χ2n) is 6.97. The second kappa shape index (κ2) is 9.30. The molecule has 3 rings (SSSR count). The fourth-order valence-corrected chi connectivity index (χ4v) is 3.26. The minimum absolute atomic E-state index is 0.305. The van der Waals surface area contributed by atoms with Crippen LogP contribution in [0.25, 0.3) is 11.8 Å². The third-order valence-electron chi connectivity index (χ3n) is 4.77. The second-order valence-corrected chi connectivity index (χ2v) is 6.97. The molecule has 0 aliphatic carbocycles. The Balaban J connectivity index is 1.69. The molecule has 0 N–H and O–H groups in total. The number of carbonyl (C=O) groups excluding carboxylic acids is 3. The van der Waals surface area contributed by atoms with Crippen LogP contribution in [0.4, 0.5) is 0 Å². The molecule has 0 unspecified atom stereocenters. The largest absolute Gasteiger partial charge is 0.465 e. The van der Waals surface area contributed by atoms with Crippen molar-refractivity contribution in [3.63, 3.8) is 0 Å². The summed E-state index contributed by atoms with van der Waals surface area (Å²) < 4.78 is 17.0. The molecule has 31 heavy (non-hydrogen) atoms. The third kappa shape index (κ3) is 5.01. The van der Waals surface area contributed by atoms with Gasteiger partial charge in [0.15, 0.2) is 6.61 Å². The number of ketones is 1. The molecular weight excluding hydrogens is 398 g/mol. The van der Waals surface area contributed by atoms with E-state index in [4.69, 9.17) is 13.9 Å². The summed E-state index contributed by atoms with van der Waals surface area (Å²) in [6.07, 6.45) is 2.71. The van der Waals surface area contributed by atoms with Crippen LogP contribution in [0.1, 0.15) is 43.6 Å². The van der Waals surface area contributed by atoms with Crippen LogP contribution in [0.15, 0.2) is 53.0 Å². The number of esters is 2. The zero-order valence-electron chi connectivity index (χ0n) is 17.8. The van der Waals surface area contributed by atoms with E-state index in [0.717, 1.165) is 17.1 Å². The van der Waals surface area contributed by atoms with Gasteiger partial charge in [-0.3, -0.25) is 4.79 Å². The maximum absolute atomic E-state index is 12.6. The van der Waals surface area contributed by atoms with Gasteiger partial charge in [0.05, 0.1) is 12.7 Å². The van der Waals surface area contributed by atoms with Crippen molar-refractivity contribution in [1.82, 2.24) is 4.57 Å². The lowest BCUT2D eigenvalue weighted by molar-refractivity contribution is -0.136. The Morgan fingerprint density at radius 3 is 2.35 bits per heavy atom. The summed E-state index contributed by atoms with van der Waals surface area (Å²) in [5.74, 6) is -0.0850. The normalized spacial score (nSPS) is 11.0.